The van der Waals surface area contributed by atoms with E-state index in [0.29, 0.717) is 0 Å². The largest absolute Gasteiger partial charge is 2.00 e. The summed E-state index contributed by atoms with van der Waals surface area (Å²) in [6, 6.07) is 0. The van der Waals surface area contributed by atoms with E-state index in [9.17, 15) is 0 Å². The van der Waals surface area contributed by atoms with E-state index >= 15 is 0 Å². The van der Waals surface area contributed by atoms with Gasteiger partial charge in [0.05, 0.1) is 0 Å². The Balaban J connectivity index is 0. The monoisotopic (exact) mass is 136 g/mol. The third-order valence-electron chi connectivity index (χ3n) is 0. The van der Waals surface area contributed by atoms with Crippen LogP contribution in [0.3, 0.4) is 0 Å². The predicted molar refractivity (Wildman–Crippen MR) is 22.8 cm³/mol. The second-order valence-electron chi connectivity index (χ2n) is 0.408. The minimum Gasteiger partial charge on any atom is -0.780 e. The van der Waals surface area contributed by atoms with Crippen molar-refractivity contribution in [1.82, 2.24) is 0 Å². The molecule has 6 heavy (non-hydrogen) atoms. The topological polar surface area (TPSA) is 63.2 Å². The normalized spacial score (nSPS) is 9.67. The first-order valence-electron chi connectivity index (χ1n) is 0.667. The van der Waals surface area contributed by atoms with Gasteiger partial charge in [0, 0.05) is 0 Å². The number of rotatable bonds is 0. The molecule has 0 aromatic rings. The molecule has 0 aliphatic heterocycles. The maximum atomic E-state index is 8.89. The Bertz CT molecular complexity index is 92.0. The molecule has 0 aliphatic carbocycles. The van der Waals surface area contributed by atoms with E-state index in [1.54, 1.807) is 0 Å². The third-order valence-corrected chi connectivity index (χ3v) is 0. The molecule has 6 heteroatoms. The molecule has 0 N–H and O–H groups in total. The van der Waals surface area contributed by atoms with E-state index < -0.39 is 9.05 Å². The maximum Gasteiger partial charge on any atom is 2.00 e. The molecule has 0 amide bonds. The molecule has 0 rings (SSSR count). The first-order chi connectivity index (χ1) is 2.00. The summed E-state index contributed by atoms with van der Waals surface area (Å²) >= 11 is 3.24. The van der Waals surface area contributed by atoms with Crippen molar-refractivity contribution in [3.05, 3.63) is 0 Å². The zero-order valence-electron chi connectivity index (χ0n) is 2.75. The maximum absolute atomic E-state index is 8.89. The van der Waals surface area contributed by atoms with Crippen molar-refractivity contribution in [2.24, 2.45) is 0 Å². The fraction of sp³-hybridized carbons (Fsp3) is 0. The van der Waals surface area contributed by atoms with Crippen LogP contribution in [0.25, 0.3) is 0 Å². The van der Waals surface area contributed by atoms with E-state index in [4.69, 9.17) is 13.3 Å². The first kappa shape index (κ1) is 10.1. The molecule has 0 bridgehead atoms. The molecule has 32 valence electrons. The third kappa shape index (κ3) is 74.6. The van der Waals surface area contributed by atoms with Crippen molar-refractivity contribution in [1.29, 1.82) is 0 Å². The van der Waals surface area contributed by atoms with Gasteiger partial charge in [-0.15, -0.1) is 9.05 Å². The van der Waals surface area contributed by atoms with E-state index in [0.717, 1.165) is 0 Å². The SMILES string of the molecule is O=S([O-])([O-])=S.[Mg+2]. The summed E-state index contributed by atoms with van der Waals surface area (Å²) in [7, 11) is -4.33. The molecule has 0 aromatic heterocycles. The second kappa shape index (κ2) is 3.11. The molecule has 0 heterocycles. The van der Waals surface area contributed by atoms with Crippen molar-refractivity contribution in [3.63, 3.8) is 0 Å². The first-order valence-corrected chi connectivity index (χ1v) is 3.00. The fourth-order valence-corrected chi connectivity index (χ4v) is 0. The van der Waals surface area contributed by atoms with E-state index in [1.165, 1.54) is 0 Å². The second-order valence-corrected chi connectivity index (χ2v) is 2.45. The molecular weight excluding hydrogens is 136 g/mol. The summed E-state index contributed by atoms with van der Waals surface area (Å²) in [5.74, 6) is 0. The summed E-state index contributed by atoms with van der Waals surface area (Å²) in [6.07, 6.45) is 0. The summed E-state index contributed by atoms with van der Waals surface area (Å²) in [4.78, 5) is 0. The van der Waals surface area contributed by atoms with Gasteiger partial charge in [-0.25, -0.2) is 0 Å². The molecule has 3 nitrogen and oxygen atoms in total. The van der Waals surface area contributed by atoms with Gasteiger partial charge in [-0.3, -0.25) is 4.21 Å². The van der Waals surface area contributed by atoms with Gasteiger partial charge >= 0.3 is 23.1 Å². The molecule has 0 radical (unpaired) electrons. The van der Waals surface area contributed by atoms with Crippen LogP contribution in [0.1, 0.15) is 0 Å². The van der Waals surface area contributed by atoms with Gasteiger partial charge in [0.1, 0.15) is 0 Å². The molecule has 0 fully saturated rings. The number of hydrogen-bond donors (Lipinski definition) is 0. The summed E-state index contributed by atoms with van der Waals surface area (Å²) in [6.45, 7) is 0. The Kier molecular flexibility index (Phi) is 5.25. The molecule has 0 unspecified atom stereocenters. The van der Waals surface area contributed by atoms with Gasteiger partial charge in [-0.1, -0.05) is 0 Å². The van der Waals surface area contributed by atoms with Gasteiger partial charge in [0.25, 0.3) is 0 Å². The number of hydrogen-bond acceptors (Lipinski definition) is 4. The van der Waals surface area contributed by atoms with Gasteiger partial charge in [-0.2, -0.15) is 0 Å². The fourth-order valence-electron chi connectivity index (χ4n) is 0. The van der Waals surface area contributed by atoms with E-state index in [1.807, 2.05) is 0 Å². The Morgan fingerprint density at radius 1 is 1.50 bits per heavy atom. The zero-order chi connectivity index (χ0) is 4.50. The van der Waals surface area contributed by atoms with Gasteiger partial charge in [-0.05, 0) is 11.2 Å². The van der Waals surface area contributed by atoms with Crippen LogP contribution >= 0.6 is 0 Å². The van der Waals surface area contributed by atoms with Crippen LogP contribution in [0.15, 0.2) is 0 Å². The van der Waals surface area contributed by atoms with Crippen LogP contribution in [0.5, 0.6) is 0 Å². The zero-order valence-corrected chi connectivity index (χ0v) is 5.80. The van der Waals surface area contributed by atoms with Crippen LogP contribution in [0, 0.1) is 0 Å². The molecule has 0 saturated carbocycles. The molecule has 0 saturated heterocycles. The van der Waals surface area contributed by atoms with Gasteiger partial charge < -0.3 is 9.11 Å². The van der Waals surface area contributed by atoms with Gasteiger partial charge in [0.15, 0.2) is 0 Å². The van der Waals surface area contributed by atoms with E-state index in [-0.39, 0.29) is 23.1 Å². The Labute approximate surface area is 56.6 Å². The Hall–Kier alpha value is 1.06. The molecule has 0 aliphatic rings. The summed E-state index contributed by atoms with van der Waals surface area (Å²) < 4.78 is 26.7. The van der Waals surface area contributed by atoms with Crippen LogP contribution < -0.4 is 0 Å². The molecular formula is MgO3S2. The Morgan fingerprint density at radius 2 is 1.50 bits per heavy atom. The van der Waals surface area contributed by atoms with Crippen LogP contribution in [0.2, 0.25) is 0 Å². The predicted octanol–water partition coefficient (Wildman–Crippen LogP) is -1.39. The summed E-state index contributed by atoms with van der Waals surface area (Å²) in [5.41, 5.74) is 0. The minimum absolute atomic E-state index is 0. The van der Waals surface area contributed by atoms with Crippen molar-refractivity contribution < 1.29 is 13.3 Å². The van der Waals surface area contributed by atoms with Gasteiger partial charge in [0.2, 0.25) is 0 Å². The van der Waals surface area contributed by atoms with E-state index in [2.05, 4.69) is 11.2 Å². The van der Waals surface area contributed by atoms with Crippen molar-refractivity contribution in [2.75, 3.05) is 0 Å². The summed E-state index contributed by atoms with van der Waals surface area (Å²) in [5, 5.41) is 0. The minimum atomic E-state index is -4.33. The quantitative estimate of drug-likeness (QED) is 0.385. The average Bonchev–Trinajstić information content (AvgIpc) is 0.722. The average molecular weight is 136 g/mol. The van der Waals surface area contributed by atoms with Crippen molar-refractivity contribution in [3.8, 4) is 0 Å². The van der Waals surface area contributed by atoms with Crippen LogP contribution in [-0.4, -0.2) is 36.4 Å². The molecule has 0 spiro atoms. The molecule has 0 atom stereocenters. The van der Waals surface area contributed by atoms with Crippen molar-refractivity contribution in [2.45, 2.75) is 0 Å². The van der Waals surface area contributed by atoms with Crippen LogP contribution in [0.4, 0.5) is 0 Å². The standard InChI is InChI=1S/Mg.H2O3S2/c;1-5(2,3)4/h;(H2,1,2,3,4)/q+2;/p-2. The smallest absolute Gasteiger partial charge is 0.780 e. The van der Waals surface area contributed by atoms with Crippen LogP contribution in [-0.2, 0) is 20.2 Å². The Morgan fingerprint density at radius 3 is 1.50 bits per heavy atom. The molecule has 0 aromatic carbocycles. The van der Waals surface area contributed by atoms with Crippen molar-refractivity contribution >= 4 is 43.3 Å².